The summed E-state index contributed by atoms with van der Waals surface area (Å²) in [5, 5.41) is 3.73. The van der Waals surface area contributed by atoms with E-state index in [0.29, 0.717) is 11.9 Å². The molecule has 0 saturated carbocycles. The van der Waals surface area contributed by atoms with Gasteiger partial charge in [0.05, 0.1) is 0 Å². The van der Waals surface area contributed by atoms with Crippen LogP contribution in [0.5, 0.6) is 0 Å². The predicted molar refractivity (Wildman–Crippen MR) is 124 cm³/mol. The van der Waals surface area contributed by atoms with Gasteiger partial charge in [-0.2, -0.15) is 0 Å². The highest BCUT2D eigenvalue weighted by molar-refractivity contribution is 6.04. The molecule has 4 nitrogen and oxygen atoms in total. The first-order valence-corrected chi connectivity index (χ1v) is 10.8. The van der Waals surface area contributed by atoms with Gasteiger partial charge in [0.1, 0.15) is 11.5 Å². The Morgan fingerprint density at radius 1 is 0.933 bits per heavy atom. The van der Waals surface area contributed by atoms with Crippen LogP contribution in [0.1, 0.15) is 35.6 Å². The molecule has 5 rings (SSSR count). The standard InChI is InChI=1S/C26H28N4/c27-25-22-14-7-8-15-23(22)28-26(29-25)16-9-17-30(19-26)24(21-12-5-2-6-13-21)18-20-10-3-1-4-11-20/h1-8,10-15,24,28H,9,16-19H2,(H2,27,29). The topological polar surface area (TPSA) is 53.6 Å². The summed E-state index contributed by atoms with van der Waals surface area (Å²) in [7, 11) is 0. The fraction of sp³-hybridized carbons (Fsp3) is 0.269. The molecule has 3 aromatic carbocycles. The molecule has 2 atom stereocenters. The van der Waals surface area contributed by atoms with E-state index in [2.05, 4.69) is 83.0 Å². The minimum Gasteiger partial charge on any atom is -0.383 e. The number of rotatable bonds is 4. The van der Waals surface area contributed by atoms with Crippen LogP contribution in [0.25, 0.3) is 0 Å². The summed E-state index contributed by atoms with van der Waals surface area (Å²) < 4.78 is 0. The first-order valence-electron chi connectivity index (χ1n) is 10.8. The molecular formula is C26H28N4. The van der Waals surface area contributed by atoms with E-state index in [1.54, 1.807) is 0 Å². The maximum Gasteiger partial charge on any atom is 0.144 e. The number of likely N-dealkylation sites (tertiary alicyclic amines) is 1. The molecule has 3 aromatic rings. The van der Waals surface area contributed by atoms with Gasteiger partial charge in [0.25, 0.3) is 0 Å². The third-order valence-corrected chi connectivity index (χ3v) is 6.30. The van der Waals surface area contributed by atoms with Crippen LogP contribution in [0, 0.1) is 0 Å². The van der Waals surface area contributed by atoms with Crippen LogP contribution in [0.15, 0.2) is 89.9 Å². The van der Waals surface area contributed by atoms with E-state index in [1.165, 1.54) is 11.1 Å². The Kier molecular flexibility index (Phi) is 5.01. The van der Waals surface area contributed by atoms with Crippen molar-refractivity contribution in [3.63, 3.8) is 0 Å². The number of nitrogens with two attached hydrogens (primary N) is 1. The fourth-order valence-corrected chi connectivity index (χ4v) is 4.88. The fourth-order valence-electron chi connectivity index (χ4n) is 4.88. The number of hydrogen-bond donors (Lipinski definition) is 2. The van der Waals surface area contributed by atoms with Crippen LogP contribution in [0.4, 0.5) is 5.69 Å². The lowest BCUT2D eigenvalue weighted by molar-refractivity contribution is 0.116. The van der Waals surface area contributed by atoms with Crippen molar-refractivity contribution in [2.45, 2.75) is 31.0 Å². The van der Waals surface area contributed by atoms with Crippen LogP contribution in [-0.4, -0.2) is 29.5 Å². The Bertz CT molecular complexity index is 1030. The van der Waals surface area contributed by atoms with E-state index in [0.717, 1.165) is 43.6 Å². The molecule has 1 fully saturated rings. The quantitative estimate of drug-likeness (QED) is 0.678. The zero-order chi connectivity index (χ0) is 20.4. The van der Waals surface area contributed by atoms with Gasteiger partial charge in [-0.05, 0) is 49.1 Å². The Balaban J connectivity index is 1.46. The molecule has 2 aliphatic rings. The third kappa shape index (κ3) is 3.71. The molecule has 30 heavy (non-hydrogen) atoms. The van der Waals surface area contributed by atoms with E-state index >= 15 is 0 Å². The van der Waals surface area contributed by atoms with Crippen molar-refractivity contribution in [3.8, 4) is 0 Å². The number of aliphatic imine (C=N–C) groups is 1. The van der Waals surface area contributed by atoms with Gasteiger partial charge in [0.15, 0.2) is 0 Å². The van der Waals surface area contributed by atoms with E-state index in [-0.39, 0.29) is 5.66 Å². The van der Waals surface area contributed by atoms with Gasteiger partial charge in [-0.3, -0.25) is 4.90 Å². The molecule has 0 aliphatic carbocycles. The maximum atomic E-state index is 6.40. The second kappa shape index (κ2) is 7.96. The predicted octanol–water partition coefficient (Wildman–Crippen LogP) is 4.59. The number of nitrogens with zero attached hydrogens (tertiary/aromatic N) is 2. The van der Waals surface area contributed by atoms with Crippen molar-refractivity contribution in [2.24, 2.45) is 10.7 Å². The zero-order valence-electron chi connectivity index (χ0n) is 17.2. The van der Waals surface area contributed by atoms with E-state index in [9.17, 15) is 0 Å². The number of piperidine rings is 1. The molecule has 0 aromatic heterocycles. The zero-order valence-corrected chi connectivity index (χ0v) is 17.2. The molecular weight excluding hydrogens is 368 g/mol. The SMILES string of the molecule is NC1=NC2(CCCN(C(Cc3ccccc3)c3ccccc3)C2)Nc2ccccc21. The lowest BCUT2D eigenvalue weighted by atomic mass is 9.90. The summed E-state index contributed by atoms with van der Waals surface area (Å²) in [6.07, 6.45) is 3.06. The summed E-state index contributed by atoms with van der Waals surface area (Å²) in [4.78, 5) is 7.58. The van der Waals surface area contributed by atoms with Crippen molar-refractivity contribution in [2.75, 3.05) is 18.4 Å². The first-order chi connectivity index (χ1) is 14.7. The van der Waals surface area contributed by atoms with Crippen LogP contribution in [0.2, 0.25) is 0 Å². The summed E-state index contributed by atoms with van der Waals surface area (Å²) in [6, 6.07) is 30.2. The van der Waals surface area contributed by atoms with Crippen molar-refractivity contribution < 1.29 is 0 Å². The van der Waals surface area contributed by atoms with Crippen LogP contribution in [0.3, 0.4) is 0 Å². The lowest BCUT2D eigenvalue weighted by Gasteiger charge is -2.46. The number of nitrogens with one attached hydrogen (secondary N) is 1. The van der Waals surface area contributed by atoms with E-state index in [4.69, 9.17) is 10.7 Å². The van der Waals surface area contributed by atoms with Gasteiger partial charge in [-0.15, -0.1) is 0 Å². The summed E-state index contributed by atoms with van der Waals surface area (Å²) in [6.45, 7) is 1.90. The highest BCUT2D eigenvalue weighted by Crippen LogP contribution is 2.37. The van der Waals surface area contributed by atoms with Crippen LogP contribution in [-0.2, 0) is 6.42 Å². The number of amidine groups is 1. The number of fused-ring (bicyclic) bond motifs is 1. The molecule has 152 valence electrons. The molecule has 4 heteroatoms. The number of anilines is 1. The minimum atomic E-state index is -0.361. The molecule has 2 aliphatic heterocycles. The van der Waals surface area contributed by atoms with Crippen molar-refractivity contribution in [1.29, 1.82) is 0 Å². The van der Waals surface area contributed by atoms with Gasteiger partial charge < -0.3 is 11.1 Å². The second-order valence-electron chi connectivity index (χ2n) is 8.39. The monoisotopic (exact) mass is 396 g/mol. The molecule has 2 heterocycles. The molecule has 1 spiro atoms. The first kappa shape index (κ1) is 18.9. The average molecular weight is 397 g/mol. The maximum absolute atomic E-state index is 6.40. The smallest absolute Gasteiger partial charge is 0.144 e. The van der Waals surface area contributed by atoms with Gasteiger partial charge in [-0.25, -0.2) is 4.99 Å². The molecule has 1 saturated heterocycles. The minimum absolute atomic E-state index is 0.307. The van der Waals surface area contributed by atoms with Crippen molar-refractivity contribution in [1.82, 2.24) is 4.90 Å². The van der Waals surface area contributed by atoms with E-state index < -0.39 is 0 Å². The Morgan fingerprint density at radius 2 is 1.63 bits per heavy atom. The van der Waals surface area contributed by atoms with Gasteiger partial charge in [0, 0.05) is 23.8 Å². The lowest BCUT2D eigenvalue weighted by Crippen LogP contribution is -2.55. The largest absolute Gasteiger partial charge is 0.383 e. The Morgan fingerprint density at radius 3 is 2.43 bits per heavy atom. The number of para-hydroxylation sites is 1. The molecule has 0 radical (unpaired) electrons. The number of hydrogen-bond acceptors (Lipinski definition) is 4. The van der Waals surface area contributed by atoms with Gasteiger partial charge >= 0.3 is 0 Å². The molecule has 0 amide bonds. The Labute approximate surface area is 178 Å². The normalized spacial score (nSPS) is 22.1. The molecule has 2 unspecified atom stereocenters. The molecule has 3 N–H and O–H groups in total. The van der Waals surface area contributed by atoms with Crippen molar-refractivity contribution >= 4 is 11.5 Å². The van der Waals surface area contributed by atoms with Gasteiger partial charge in [0.2, 0.25) is 0 Å². The highest BCUT2D eigenvalue weighted by atomic mass is 15.3. The van der Waals surface area contributed by atoms with Crippen LogP contribution >= 0.6 is 0 Å². The molecule has 0 bridgehead atoms. The summed E-state index contributed by atoms with van der Waals surface area (Å²) in [5.41, 5.74) is 10.8. The highest BCUT2D eigenvalue weighted by Gasteiger charge is 2.40. The van der Waals surface area contributed by atoms with Crippen LogP contribution < -0.4 is 11.1 Å². The van der Waals surface area contributed by atoms with Crippen molar-refractivity contribution in [3.05, 3.63) is 102 Å². The summed E-state index contributed by atoms with van der Waals surface area (Å²) >= 11 is 0. The average Bonchev–Trinajstić information content (AvgIpc) is 2.79. The summed E-state index contributed by atoms with van der Waals surface area (Å²) in [5.74, 6) is 0.644. The Hall–Kier alpha value is -3.11. The van der Waals surface area contributed by atoms with Gasteiger partial charge in [-0.1, -0.05) is 72.8 Å². The second-order valence-corrected chi connectivity index (χ2v) is 8.39. The van der Waals surface area contributed by atoms with E-state index in [1.807, 2.05) is 12.1 Å². The number of benzene rings is 3. The third-order valence-electron chi connectivity index (χ3n) is 6.30.